The highest BCUT2D eigenvalue weighted by atomic mass is 16.3. The molecule has 0 aliphatic rings. The van der Waals surface area contributed by atoms with Gasteiger partial charge in [-0.3, -0.25) is 0 Å². The molecule has 0 fully saturated rings. The van der Waals surface area contributed by atoms with Crippen molar-refractivity contribution in [2.45, 2.75) is 46.0 Å². The zero-order valence-electron chi connectivity index (χ0n) is 10.3. The summed E-state index contributed by atoms with van der Waals surface area (Å²) in [5, 5.41) is 9.61. The van der Waals surface area contributed by atoms with Gasteiger partial charge in [-0.15, -0.1) is 0 Å². The molecule has 0 aliphatic carbocycles. The normalized spacial score (nSPS) is 12.4. The van der Waals surface area contributed by atoms with Crippen molar-refractivity contribution in [3.63, 3.8) is 0 Å². The molecular weight excluding hydrogens is 200 g/mol. The Labute approximate surface area is 97.3 Å². The van der Waals surface area contributed by atoms with Crippen LogP contribution < -0.4 is 0 Å². The lowest BCUT2D eigenvalue weighted by atomic mass is 9.94. The van der Waals surface area contributed by atoms with Crippen molar-refractivity contribution in [3.8, 4) is 5.75 Å². The van der Waals surface area contributed by atoms with Gasteiger partial charge in [0.05, 0.1) is 0 Å². The fourth-order valence-corrected chi connectivity index (χ4v) is 1.76. The Hall–Kier alpha value is -1.31. The van der Waals surface area contributed by atoms with Crippen LogP contribution in [0.25, 0.3) is 0 Å². The molecule has 0 aliphatic heterocycles. The second kappa shape index (κ2) is 5.69. The van der Waals surface area contributed by atoms with Crippen LogP contribution in [0, 0.1) is 6.92 Å². The van der Waals surface area contributed by atoms with Crippen molar-refractivity contribution in [3.05, 3.63) is 29.3 Å². The summed E-state index contributed by atoms with van der Waals surface area (Å²) in [7, 11) is 0. The van der Waals surface area contributed by atoms with Gasteiger partial charge in [-0.25, -0.2) is 0 Å². The summed E-state index contributed by atoms with van der Waals surface area (Å²) >= 11 is 0. The number of ketones is 1. The molecule has 0 radical (unpaired) electrons. The molecule has 1 atom stereocenters. The van der Waals surface area contributed by atoms with E-state index in [1.54, 1.807) is 6.92 Å². The molecule has 0 aromatic heterocycles. The number of phenolic OH excluding ortho intramolecular Hbond substituents is 1. The first-order chi connectivity index (χ1) is 7.50. The van der Waals surface area contributed by atoms with Crippen LogP contribution in [0.3, 0.4) is 0 Å². The van der Waals surface area contributed by atoms with E-state index in [1.165, 1.54) is 0 Å². The summed E-state index contributed by atoms with van der Waals surface area (Å²) in [6.45, 7) is 5.64. The van der Waals surface area contributed by atoms with Gasteiger partial charge in [-0.05, 0) is 49.8 Å². The van der Waals surface area contributed by atoms with Crippen LogP contribution in [-0.4, -0.2) is 10.9 Å². The van der Waals surface area contributed by atoms with Crippen molar-refractivity contribution in [2.24, 2.45) is 0 Å². The van der Waals surface area contributed by atoms with Gasteiger partial charge < -0.3 is 9.90 Å². The molecule has 0 unspecified atom stereocenters. The minimum absolute atomic E-state index is 0.249. The average Bonchev–Trinajstić information content (AvgIpc) is 2.21. The smallest absolute Gasteiger partial charge is 0.129 e. The number of phenols is 1. The number of rotatable bonds is 5. The molecule has 0 heterocycles. The van der Waals surface area contributed by atoms with Gasteiger partial charge in [0, 0.05) is 6.42 Å². The Morgan fingerprint density at radius 3 is 2.69 bits per heavy atom. The SMILES string of the molecule is CC(=O)CCC[C@@H](C)c1ccc(C)c(O)c1. The Morgan fingerprint density at radius 2 is 2.12 bits per heavy atom. The lowest BCUT2D eigenvalue weighted by Gasteiger charge is -2.12. The van der Waals surface area contributed by atoms with Crippen molar-refractivity contribution >= 4 is 5.78 Å². The van der Waals surface area contributed by atoms with Gasteiger partial charge in [-0.1, -0.05) is 19.1 Å². The van der Waals surface area contributed by atoms with E-state index >= 15 is 0 Å². The first-order valence-electron chi connectivity index (χ1n) is 5.79. The Morgan fingerprint density at radius 1 is 1.44 bits per heavy atom. The molecule has 1 N–H and O–H groups in total. The zero-order chi connectivity index (χ0) is 12.1. The van der Waals surface area contributed by atoms with Gasteiger partial charge in [-0.2, -0.15) is 0 Å². The maximum absolute atomic E-state index is 10.8. The molecule has 2 heteroatoms. The van der Waals surface area contributed by atoms with Crippen LogP contribution in [0.2, 0.25) is 0 Å². The lowest BCUT2D eigenvalue weighted by Crippen LogP contribution is -1.96. The number of aromatic hydroxyl groups is 1. The quantitative estimate of drug-likeness (QED) is 0.823. The number of carbonyl (C=O) groups is 1. The van der Waals surface area contributed by atoms with Crippen LogP contribution in [-0.2, 0) is 4.79 Å². The van der Waals surface area contributed by atoms with Crippen molar-refractivity contribution < 1.29 is 9.90 Å². The van der Waals surface area contributed by atoms with Crippen LogP contribution in [0.1, 0.15) is 50.2 Å². The second-order valence-corrected chi connectivity index (χ2v) is 4.54. The third-order valence-electron chi connectivity index (χ3n) is 2.97. The summed E-state index contributed by atoms with van der Waals surface area (Å²) in [5.74, 6) is 1.00. The van der Waals surface area contributed by atoms with E-state index in [2.05, 4.69) is 6.92 Å². The first-order valence-corrected chi connectivity index (χ1v) is 5.79. The Bertz CT molecular complexity index is 369. The maximum atomic E-state index is 10.8. The van der Waals surface area contributed by atoms with Gasteiger partial charge in [0.25, 0.3) is 0 Å². The lowest BCUT2D eigenvalue weighted by molar-refractivity contribution is -0.117. The van der Waals surface area contributed by atoms with E-state index in [-0.39, 0.29) is 5.78 Å². The van der Waals surface area contributed by atoms with Gasteiger partial charge in [0.15, 0.2) is 0 Å². The van der Waals surface area contributed by atoms with E-state index in [9.17, 15) is 9.90 Å². The zero-order valence-corrected chi connectivity index (χ0v) is 10.3. The summed E-state index contributed by atoms with van der Waals surface area (Å²) < 4.78 is 0. The van der Waals surface area contributed by atoms with E-state index in [0.717, 1.165) is 24.0 Å². The second-order valence-electron chi connectivity index (χ2n) is 4.54. The van der Waals surface area contributed by atoms with E-state index in [0.29, 0.717) is 18.1 Å². The molecular formula is C14H20O2. The highest BCUT2D eigenvalue weighted by Crippen LogP contribution is 2.26. The molecule has 2 nitrogen and oxygen atoms in total. The molecule has 1 aromatic carbocycles. The molecule has 88 valence electrons. The number of hydrogen-bond acceptors (Lipinski definition) is 2. The molecule has 0 bridgehead atoms. The standard InChI is InChI=1S/C14H20O2/c1-10(5-4-6-12(3)15)13-8-7-11(2)14(16)9-13/h7-10,16H,4-6H2,1-3H3/t10-/m1/s1. The van der Waals surface area contributed by atoms with Crippen molar-refractivity contribution in [1.29, 1.82) is 0 Å². The van der Waals surface area contributed by atoms with Crippen LogP contribution >= 0.6 is 0 Å². The van der Waals surface area contributed by atoms with Gasteiger partial charge in [0.1, 0.15) is 11.5 Å². The highest BCUT2D eigenvalue weighted by Gasteiger charge is 2.07. The highest BCUT2D eigenvalue weighted by molar-refractivity contribution is 5.75. The number of aryl methyl sites for hydroxylation is 1. The van der Waals surface area contributed by atoms with E-state index < -0.39 is 0 Å². The predicted molar refractivity (Wildman–Crippen MR) is 65.8 cm³/mol. The van der Waals surface area contributed by atoms with Crippen molar-refractivity contribution in [1.82, 2.24) is 0 Å². The third-order valence-corrected chi connectivity index (χ3v) is 2.97. The first kappa shape index (κ1) is 12.8. The van der Waals surface area contributed by atoms with Crippen LogP contribution in [0.5, 0.6) is 5.75 Å². The number of benzene rings is 1. The Balaban J connectivity index is 2.55. The summed E-state index contributed by atoms with van der Waals surface area (Å²) in [4.78, 5) is 10.8. The molecule has 1 rings (SSSR count). The number of hydrogen-bond donors (Lipinski definition) is 1. The Kier molecular flexibility index (Phi) is 4.53. The summed E-state index contributed by atoms with van der Waals surface area (Å²) in [6.07, 6.45) is 2.56. The topological polar surface area (TPSA) is 37.3 Å². The average molecular weight is 220 g/mol. The summed E-state index contributed by atoms with van der Waals surface area (Å²) in [5.41, 5.74) is 2.05. The molecule has 0 amide bonds. The van der Waals surface area contributed by atoms with E-state index in [4.69, 9.17) is 0 Å². The number of carbonyl (C=O) groups excluding carboxylic acids is 1. The van der Waals surface area contributed by atoms with Crippen LogP contribution in [0.15, 0.2) is 18.2 Å². The largest absolute Gasteiger partial charge is 0.508 e. The minimum atomic E-state index is 0.249. The molecule has 0 spiro atoms. The fraction of sp³-hybridized carbons (Fsp3) is 0.500. The minimum Gasteiger partial charge on any atom is -0.508 e. The molecule has 0 saturated carbocycles. The van der Waals surface area contributed by atoms with Gasteiger partial charge >= 0.3 is 0 Å². The monoisotopic (exact) mass is 220 g/mol. The van der Waals surface area contributed by atoms with Crippen molar-refractivity contribution in [2.75, 3.05) is 0 Å². The third kappa shape index (κ3) is 3.69. The van der Waals surface area contributed by atoms with E-state index in [1.807, 2.05) is 25.1 Å². The summed E-state index contributed by atoms with van der Waals surface area (Å²) in [6, 6.07) is 5.81. The molecule has 16 heavy (non-hydrogen) atoms. The predicted octanol–water partition coefficient (Wildman–Crippen LogP) is 3.56. The maximum Gasteiger partial charge on any atom is 0.129 e. The molecule has 1 aromatic rings. The van der Waals surface area contributed by atoms with Crippen LogP contribution in [0.4, 0.5) is 0 Å². The number of Topliss-reactive ketones (excluding diaryl/α,β-unsaturated/α-hetero) is 1. The fourth-order valence-electron chi connectivity index (χ4n) is 1.76. The molecule has 0 saturated heterocycles. The van der Waals surface area contributed by atoms with Gasteiger partial charge in [0.2, 0.25) is 0 Å².